The second-order valence-electron chi connectivity index (χ2n) is 10.5. The van der Waals surface area contributed by atoms with Gasteiger partial charge in [0.15, 0.2) is 5.75 Å². The number of benzene rings is 3. The summed E-state index contributed by atoms with van der Waals surface area (Å²) in [6.45, 7) is 10.5. The summed E-state index contributed by atoms with van der Waals surface area (Å²) in [6, 6.07) is 21.1. The molecule has 230 valence electrons. The molecule has 1 fully saturated rings. The van der Waals surface area contributed by atoms with Gasteiger partial charge in [-0.1, -0.05) is 57.2 Å². The minimum absolute atomic E-state index is 0.255. The lowest BCUT2D eigenvalue weighted by molar-refractivity contribution is 0.0383. The molecule has 0 saturated carbocycles. The highest BCUT2D eigenvalue weighted by atomic mass is 35.5. The molecule has 4 rings (SSSR count). The van der Waals surface area contributed by atoms with E-state index in [1.54, 1.807) is 48.5 Å². The molecule has 0 spiro atoms. The number of hydrogen-bond acceptors (Lipinski definition) is 8. The molecule has 0 atom stereocenters. The topological polar surface area (TPSA) is 115 Å². The first-order valence-electron chi connectivity index (χ1n) is 13.8. The van der Waals surface area contributed by atoms with E-state index in [2.05, 4.69) is 20.3 Å². The quantitative estimate of drug-likeness (QED) is 0.294. The van der Waals surface area contributed by atoms with Crippen molar-refractivity contribution in [2.24, 2.45) is 0 Å². The van der Waals surface area contributed by atoms with Gasteiger partial charge in [0.05, 0.1) is 31.6 Å². The average Bonchev–Trinajstić information content (AvgIpc) is 2.98. The molecule has 10 nitrogen and oxygen atoms in total. The van der Waals surface area contributed by atoms with Crippen molar-refractivity contribution in [1.82, 2.24) is 10.2 Å². The van der Waals surface area contributed by atoms with Gasteiger partial charge in [0.1, 0.15) is 11.5 Å². The summed E-state index contributed by atoms with van der Waals surface area (Å²) in [4.78, 5) is 38.0. The van der Waals surface area contributed by atoms with E-state index in [1.165, 1.54) is 7.11 Å². The van der Waals surface area contributed by atoms with Crippen LogP contribution in [0.2, 0.25) is 0 Å². The zero-order valence-corrected chi connectivity index (χ0v) is 25.6. The number of methoxy groups -OCH3 is 1. The first-order chi connectivity index (χ1) is 20.6. The van der Waals surface area contributed by atoms with Gasteiger partial charge in [-0.25, -0.2) is 9.59 Å². The lowest BCUT2D eigenvalue weighted by Gasteiger charge is -2.26. The first-order valence-corrected chi connectivity index (χ1v) is 14.2. The standard InChI is InChI=1S/C25H33N3O5.C7H5ClO2/c1-25(2,3)18-16-20(23(29)26-10-11-28-12-14-32-15-13-28)22(31-4)21(17-18)27-24(30)33-19-8-6-5-7-9-19;8-7(9)10-6-4-2-1-3-5-6/h5-9,16-17H,10-15H2,1-4H3,(H,26,29)(H,27,30);1-5H. The molecule has 3 aromatic carbocycles. The number of morpholine rings is 1. The van der Waals surface area contributed by atoms with Gasteiger partial charge >= 0.3 is 11.5 Å². The summed E-state index contributed by atoms with van der Waals surface area (Å²) < 4.78 is 20.8. The molecule has 0 bridgehead atoms. The van der Waals surface area contributed by atoms with E-state index in [4.69, 9.17) is 25.8 Å². The Morgan fingerprint density at radius 2 is 1.49 bits per heavy atom. The van der Waals surface area contributed by atoms with Gasteiger partial charge in [-0.15, -0.1) is 0 Å². The van der Waals surface area contributed by atoms with E-state index in [-0.39, 0.29) is 17.1 Å². The van der Waals surface area contributed by atoms with Crippen molar-refractivity contribution in [1.29, 1.82) is 0 Å². The van der Waals surface area contributed by atoms with Gasteiger partial charge in [0, 0.05) is 37.8 Å². The summed E-state index contributed by atoms with van der Waals surface area (Å²) in [7, 11) is 1.48. The van der Waals surface area contributed by atoms with Crippen LogP contribution < -0.4 is 24.8 Å². The third kappa shape index (κ3) is 11.2. The van der Waals surface area contributed by atoms with Crippen molar-refractivity contribution in [3.8, 4) is 17.2 Å². The second kappa shape index (κ2) is 16.5. The zero-order valence-electron chi connectivity index (χ0n) is 24.9. The molecule has 11 heteroatoms. The van der Waals surface area contributed by atoms with Crippen molar-refractivity contribution in [3.05, 3.63) is 83.9 Å². The van der Waals surface area contributed by atoms with Crippen LogP contribution in [0, 0.1) is 0 Å². The Morgan fingerprint density at radius 3 is 2.02 bits per heavy atom. The van der Waals surface area contributed by atoms with E-state index in [9.17, 15) is 14.4 Å². The maximum Gasteiger partial charge on any atom is 0.417 e. The van der Waals surface area contributed by atoms with Gasteiger partial charge in [-0.3, -0.25) is 15.0 Å². The molecule has 1 aliphatic heterocycles. The molecule has 1 saturated heterocycles. The summed E-state index contributed by atoms with van der Waals surface area (Å²) >= 11 is 4.95. The highest BCUT2D eigenvalue weighted by Crippen LogP contribution is 2.35. The summed E-state index contributed by atoms with van der Waals surface area (Å²) in [5.74, 6) is 0.909. The average molecular weight is 612 g/mol. The van der Waals surface area contributed by atoms with Crippen LogP contribution in [0.5, 0.6) is 17.2 Å². The lowest BCUT2D eigenvalue weighted by Crippen LogP contribution is -2.41. The molecule has 3 aromatic rings. The van der Waals surface area contributed by atoms with Crippen LogP contribution in [0.15, 0.2) is 72.8 Å². The van der Waals surface area contributed by atoms with Crippen molar-refractivity contribution >= 4 is 34.7 Å². The van der Waals surface area contributed by atoms with Crippen LogP contribution in [0.25, 0.3) is 0 Å². The summed E-state index contributed by atoms with van der Waals surface area (Å²) in [5, 5.41) is 5.71. The van der Waals surface area contributed by atoms with Crippen molar-refractivity contribution in [2.45, 2.75) is 26.2 Å². The lowest BCUT2D eigenvalue weighted by atomic mass is 9.85. The third-order valence-electron chi connectivity index (χ3n) is 6.35. The number of para-hydroxylation sites is 2. The number of rotatable bonds is 8. The molecule has 0 aromatic heterocycles. The van der Waals surface area contributed by atoms with Crippen LogP contribution in [0.3, 0.4) is 0 Å². The zero-order chi connectivity index (χ0) is 31.2. The number of ether oxygens (including phenoxy) is 4. The third-order valence-corrected chi connectivity index (χ3v) is 6.43. The molecule has 2 N–H and O–H groups in total. The molecule has 2 amide bonds. The Labute approximate surface area is 257 Å². The van der Waals surface area contributed by atoms with Crippen LogP contribution in [-0.4, -0.2) is 68.8 Å². The molecular weight excluding hydrogens is 574 g/mol. The van der Waals surface area contributed by atoms with Gasteiger partial charge in [0.2, 0.25) is 0 Å². The maximum atomic E-state index is 13.1. The van der Waals surface area contributed by atoms with Crippen LogP contribution in [0.1, 0.15) is 36.7 Å². The Morgan fingerprint density at radius 1 is 0.907 bits per heavy atom. The molecular formula is C32H38ClN3O7. The summed E-state index contributed by atoms with van der Waals surface area (Å²) in [6.07, 6.45) is -0.663. The minimum atomic E-state index is -0.814. The fraction of sp³-hybridized carbons (Fsp3) is 0.344. The van der Waals surface area contributed by atoms with Gasteiger partial charge in [0.25, 0.3) is 5.91 Å². The van der Waals surface area contributed by atoms with E-state index in [0.29, 0.717) is 42.5 Å². The van der Waals surface area contributed by atoms with E-state index < -0.39 is 11.5 Å². The number of amides is 2. The second-order valence-corrected chi connectivity index (χ2v) is 10.9. The number of carbonyl (C=O) groups excluding carboxylic acids is 3. The van der Waals surface area contributed by atoms with Crippen molar-refractivity contribution in [3.63, 3.8) is 0 Å². The SMILES string of the molecule is COc1c(NC(=O)Oc2ccccc2)cc(C(C)(C)C)cc1C(=O)NCCN1CCOCC1.O=C(Cl)Oc1ccccc1. The number of anilines is 1. The number of carbonyl (C=O) groups is 3. The maximum absolute atomic E-state index is 13.1. The predicted molar refractivity (Wildman–Crippen MR) is 166 cm³/mol. The van der Waals surface area contributed by atoms with Crippen LogP contribution in [-0.2, 0) is 10.2 Å². The smallest absolute Gasteiger partial charge is 0.417 e. The minimum Gasteiger partial charge on any atom is -0.494 e. The largest absolute Gasteiger partial charge is 0.494 e. The molecule has 0 aliphatic carbocycles. The number of nitrogens with zero attached hydrogens (tertiary/aromatic N) is 1. The number of halogens is 1. The monoisotopic (exact) mass is 611 g/mol. The van der Waals surface area contributed by atoms with Gasteiger partial charge in [-0.2, -0.15) is 0 Å². The molecule has 0 radical (unpaired) electrons. The van der Waals surface area contributed by atoms with E-state index >= 15 is 0 Å². The molecule has 43 heavy (non-hydrogen) atoms. The Hall–Kier alpha value is -4.12. The van der Waals surface area contributed by atoms with Crippen LogP contribution in [0.4, 0.5) is 15.3 Å². The Kier molecular flexibility index (Phi) is 12.8. The Bertz CT molecular complexity index is 1340. The Balaban J connectivity index is 0.000000428. The van der Waals surface area contributed by atoms with Crippen LogP contribution >= 0.6 is 11.6 Å². The first kappa shape index (κ1) is 33.4. The van der Waals surface area contributed by atoms with Crippen molar-refractivity contribution < 1.29 is 33.3 Å². The normalized spacial score (nSPS) is 13.1. The summed E-state index contributed by atoms with van der Waals surface area (Å²) in [5.41, 5.74) is 0.559. The number of hydrogen-bond donors (Lipinski definition) is 2. The molecule has 0 unspecified atom stereocenters. The van der Waals surface area contributed by atoms with E-state index in [0.717, 1.165) is 25.2 Å². The van der Waals surface area contributed by atoms with Crippen molar-refractivity contribution in [2.75, 3.05) is 51.8 Å². The van der Waals surface area contributed by atoms with Gasteiger partial charge < -0.3 is 24.3 Å². The van der Waals surface area contributed by atoms with E-state index in [1.807, 2.05) is 45.0 Å². The highest BCUT2D eigenvalue weighted by Gasteiger charge is 2.24. The fourth-order valence-corrected chi connectivity index (χ4v) is 4.19. The molecule has 1 aliphatic rings. The highest BCUT2D eigenvalue weighted by molar-refractivity contribution is 6.61. The predicted octanol–water partition coefficient (Wildman–Crippen LogP) is 6.09. The van der Waals surface area contributed by atoms with Gasteiger partial charge in [-0.05, 0) is 47.4 Å². The number of nitrogens with one attached hydrogen (secondary N) is 2. The molecule has 1 heterocycles. The fourth-order valence-electron chi connectivity index (χ4n) is 4.10.